The molecule has 3 aromatic rings. The smallest absolute Gasteiger partial charge is 0.374 e. The van der Waals surface area contributed by atoms with Crippen molar-refractivity contribution in [3.05, 3.63) is 60.2 Å². The Labute approximate surface area is 261 Å². The molecule has 0 saturated carbocycles. The molecule has 23 heteroatoms. The molecule has 0 aliphatic heterocycles. The molecule has 3 rings (SSSR count). The number of anilines is 3. The summed E-state index contributed by atoms with van der Waals surface area (Å²) in [5, 5.41) is 35.4. The number of nitrogens with zero attached hydrogens (tertiary/aromatic N) is 7. The van der Waals surface area contributed by atoms with Gasteiger partial charge in [0.1, 0.15) is 4.90 Å². The third kappa shape index (κ3) is 12.4. The van der Waals surface area contributed by atoms with E-state index in [2.05, 4.69) is 19.9 Å². The molecule has 0 amide bonds. The van der Waals surface area contributed by atoms with E-state index in [0.717, 1.165) is 24.8 Å². The zero-order valence-corrected chi connectivity index (χ0v) is 25.6. The lowest BCUT2D eigenvalue weighted by atomic mass is 10.2. The number of benzene rings is 1. The Kier molecular flexibility index (Phi) is 15.0. The van der Waals surface area contributed by atoms with Crippen molar-refractivity contribution in [2.24, 2.45) is 0 Å². The topological polar surface area (TPSA) is 341 Å². The Bertz CT molecular complexity index is 1580. The maximum Gasteiger partial charge on any atom is 0.374 e. The van der Waals surface area contributed by atoms with Crippen LogP contribution in [0.25, 0.3) is 0 Å². The molecule has 7 N–H and O–H groups in total. The van der Waals surface area contributed by atoms with Crippen LogP contribution in [-0.2, 0) is 10.1 Å². The molecular weight excluding hydrogens is 640 g/mol. The minimum absolute atomic E-state index is 0.0333. The van der Waals surface area contributed by atoms with Crippen molar-refractivity contribution < 1.29 is 42.2 Å². The fourth-order valence-corrected chi connectivity index (χ4v) is 3.81. The Morgan fingerprint density at radius 1 is 0.761 bits per heavy atom. The SMILES string of the molecule is CCCCOc1nc(N)c([N+](=O)[O-])c(N)n1.CCCCOc1nc(N)c([N+](=O)[O-])c(OS(=O)(=O)c2ccc(C)cc2)n1.O=[N+]([O-])O. The number of unbranched alkanes of at least 4 members (excludes halogenated alkanes) is 2. The molecule has 22 nitrogen and oxygen atoms in total. The fourth-order valence-electron chi connectivity index (χ4n) is 2.92. The predicted octanol–water partition coefficient (Wildman–Crippen LogP) is 2.60. The van der Waals surface area contributed by atoms with Crippen molar-refractivity contribution in [3.63, 3.8) is 0 Å². The Hall–Kier alpha value is -5.87. The highest BCUT2D eigenvalue weighted by Crippen LogP contribution is 2.33. The standard InChI is InChI=1S/C15H18N4O6S.C8H13N5O3.HNO3/c1-3-4-9-24-15-17-13(16)12(19(20)21)14(18-15)25-26(22,23)11-7-5-10(2)6-8-11;1-2-3-4-16-8-11-6(9)5(13(14)15)7(10)12-8;2-1(3)4/h5-8H,3-4,9H2,1-2H3,(H2,16,17,18);2-4H2,1H3,(H4,9,10,11,12);(H,2,3,4). The van der Waals surface area contributed by atoms with Crippen LogP contribution in [0.5, 0.6) is 17.9 Å². The molecule has 0 unspecified atom stereocenters. The van der Waals surface area contributed by atoms with Gasteiger partial charge in [0.2, 0.25) is 17.5 Å². The lowest BCUT2D eigenvalue weighted by Gasteiger charge is -2.09. The van der Waals surface area contributed by atoms with E-state index < -0.39 is 48.1 Å². The van der Waals surface area contributed by atoms with Gasteiger partial charge < -0.3 is 36.1 Å². The molecular formula is C23H32N10O12S. The van der Waals surface area contributed by atoms with Crippen LogP contribution >= 0.6 is 0 Å². The van der Waals surface area contributed by atoms with Crippen LogP contribution in [0.3, 0.4) is 0 Å². The Morgan fingerprint density at radius 3 is 1.54 bits per heavy atom. The average molecular weight is 673 g/mol. The van der Waals surface area contributed by atoms with E-state index in [1.54, 1.807) is 19.1 Å². The molecule has 0 aliphatic carbocycles. The summed E-state index contributed by atoms with van der Waals surface area (Å²) in [5.74, 6) is -1.92. The highest BCUT2D eigenvalue weighted by molar-refractivity contribution is 7.87. The average Bonchev–Trinajstić information content (AvgIpc) is 2.92. The van der Waals surface area contributed by atoms with Crippen LogP contribution in [-0.4, -0.2) is 61.7 Å². The molecule has 0 radical (unpaired) electrons. The number of nitrogen functional groups attached to an aromatic ring is 3. The number of nitrogens with two attached hydrogens (primary N) is 3. The third-order valence-electron chi connectivity index (χ3n) is 5.10. The highest BCUT2D eigenvalue weighted by Gasteiger charge is 2.30. The van der Waals surface area contributed by atoms with Crippen molar-refractivity contribution in [1.82, 2.24) is 19.9 Å². The van der Waals surface area contributed by atoms with E-state index in [1.807, 2.05) is 13.8 Å². The summed E-state index contributed by atoms with van der Waals surface area (Å²) in [6.07, 6.45) is 3.32. The summed E-state index contributed by atoms with van der Waals surface area (Å²) in [6, 6.07) is 5.44. The van der Waals surface area contributed by atoms with Crippen LogP contribution in [0.15, 0.2) is 29.2 Å². The van der Waals surface area contributed by atoms with E-state index in [1.165, 1.54) is 12.1 Å². The highest BCUT2D eigenvalue weighted by atomic mass is 32.2. The quantitative estimate of drug-likeness (QED) is 0.0876. The number of hydrogen-bond acceptors (Lipinski definition) is 18. The number of hydrogen-bond donors (Lipinski definition) is 4. The summed E-state index contributed by atoms with van der Waals surface area (Å²) < 4.78 is 40.0. The van der Waals surface area contributed by atoms with Crippen LogP contribution in [0.4, 0.5) is 28.8 Å². The number of aryl methyl sites for hydroxylation is 1. The van der Waals surface area contributed by atoms with E-state index >= 15 is 0 Å². The first-order valence-corrected chi connectivity index (χ1v) is 14.4. The second kappa shape index (κ2) is 18.1. The van der Waals surface area contributed by atoms with Gasteiger partial charge in [0, 0.05) is 0 Å². The first-order valence-electron chi connectivity index (χ1n) is 13.0. The van der Waals surface area contributed by atoms with Gasteiger partial charge in [0.25, 0.3) is 5.09 Å². The van der Waals surface area contributed by atoms with Gasteiger partial charge in [-0.05, 0) is 31.9 Å². The molecule has 252 valence electrons. The summed E-state index contributed by atoms with van der Waals surface area (Å²) in [6.45, 7) is 6.40. The van der Waals surface area contributed by atoms with Crippen molar-refractivity contribution in [3.8, 4) is 17.9 Å². The van der Waals surface area contributed by atoms with Crippen molar-refractivity contribution in [1.29, 1.82) is 0 Å². The molecule has 0 saturated heterocycles. The molecule has 0 aliphatic rings. The molecule has 0 fully saturated rings. The molecule has 46 heavy (non-hydrogen) atoms. The zero-order valence-electron chi connectivity index (χ0n) is 24.8. The largest absolute Gasteiger partial charge is 0.463 e. The number of aromatic nitrogens is 4. The second-order valence-electron chi connectivity index (χ2n) is 8.68. The summed E-state index contributed by atoms with van der Waals surface area (Å²) in [4.78, 5) is 43.0. The van der Waals surface area contributed by atoms with Crippen LogP contribution in [0.2, 0.25) is 0 Å². The lowest BCUT2D eigenvalue weighted by molar-refractivity contribution is -0.742. The summed E-state index contributed by atoms with van der Waals surface area (Å²) in [5.41, 5.74) is 15.8. The minimum atomic E-state index is -4.35. The van der Waals surface area contributed by atoms with E-state index in [0.29, 0.717) is 13.0 Å². The predicted molar refractivity (Wildman–Crippen MR) is 159 cm³/mol. The molecule has 2 heterocycles. The molecule has 0 atom stereocenters. The van der Waals surface area contributed by atoms with Gasteiger partial charge in [-0.1, -0.05) is 44.4 Å². The van der Waals surface area contributed by atoms with Gasteiger partial charge >= 0.3 is 39.4 Å². The maximum atomic E-state index is 12.4. The first kappa shape index (κ1) is 38.2. The van der Waals surface area contributed by atoms with Gasteiger partial charge in [-0.2, -0.15) is 28.4 Å². The van der Waals surface area contributed by atoms with Crippen LogP contribution in [0.1, 0.15) is 45.1 Å². The lowest BCUT2D eigenvalue weighted by Crippen LogP contribution is -2.14. The summed E-state index contributed by atoms with van der Waals surface area (Å²) >= 11 is 0. The number of ether oxygens (including phenoxy) is 2. The van der Waals surface area contributed by atoms with Crippen molar-refractivity contribution in [2.75, 3.05) is 30.4 Å². The Morgan fingerprint density at radius 2 is 1.15 bits per heavy atom. The van der Waals surface area contributed by atoms with E-state index in [4.69, 9.17) is 46.2 Å². The second-order valence-corrected chi connectivity index (χ2v) is 10.2. The minimum Gasteiger partial charge on any atom is -0.463 e. The van der Waals surface area contributed by atoms with E-state index in [-0.39, 0.29) is 35.2 Å². The fraction of sp³-hybridized carbons (Fsp3) is 0.391. The molecule has 0 bridgehead atoms. The number of nitro groups is 2. The van der Waals surface area contributed by atoms with Gasteiger partial charge in [-0.25, -0.2) is 0 Å². The zero-order chi connectivity index (χ0) is 35.0. The molecule has 0 spiro atoms. The monoisotopic (exact) mass is 672 g/mol. The maximum absolute atomic E-state index is 12.4. The Balaban J connectivity index is 0.000000450. The summed E-state index contributed by atoms with van der Waals surface area (Å²) in [7, 11) is -4.35. The van der Waals surface area contributed by atoms with Crippen molar-refractivity contribution >= 4 is 38.9 Å². The van der Waals surface area contributed by atoms with Gasteiger partial charge in [0.15, 0.2) is 0 Å². The van der Waals surface area contributed by atoms with Crippen molar-refractivity contribution in [2.45, 2.75) is 51.3 Å². The van der Waals surface area contributed by atoms with Crippen LogP contribution in [0, 0.1) is 37.3 Å². The molecule has 2 aromatic heterocycles. The normalized spacial score (nSPS) is 10.3. The number of rotatable bonds is 13. The van der Waals surface area contributed by atoms with Gasteiger partial charge in [-0.3, -0.25) is 20.2 Å². The van der Waals surface area contributed by atoms with Gasteiger partial charge in [-0.15, -0.1) is 10.1 Å². The van der Waals surface area contributed by atoms with Crippen LogP contribution < -0.4 is 30.9 Å². The van der Waals surface area contributed by atoms with Gasteiger partial charge in [0.05, 0.1) is 23.1 Å². The van der Waals surface area contributed by atoms with E-state index in [9.17, 15) is 28.6 Å². The molecule has 1 aromatic carbocycles. The third-order valence-corrected chi connectivity index (χ3v) is 6.32. The first-order chi connectivity index (χ1) is 21.5.